The van der Waals surface area contributed by atoms with Crippen molar-refractivity contribution in [1.29, 1.82) is 0 Å². The first-order valence-corrected chi connectivity index (χ1v) is 6.70. The predicted octanol–water partition coefficient (Wildman–Crippen LogP) is 4.51. The Morgan fingerprint density at radius 1 is 1.21 bits per heavy atom. The van der Waals surface area contributed by atoms with Gasteiger partial charge < -0.3 is 0 Å². The normalized spacial score (nSPS) is 10.8. The van der Waals surface area contributed by atoms with Gasteiger partial charge in [-0.05, 0) is 44.0 Å². The molecule has 19 heavy (non-hydrogen) atoms. The van der Waals surface area contributed by atoms with Crippen molar-refractivity contribution in [3.8, 4) is 11.3 Å². The second kappa shape index (κ2) is 5.66. The minimum atomic E-state index is -0.213. The zero-order valence-corrected chi connectivity index (χ0v) is 12.1. The number of aromatic nitrogens is 2. The van der Waals surface area contributed by atoms with Crippen LogP contribution in [0.1, 0.15) is 30.3 Å². The average Bonchev–Trinajstić information content (AvgIpc) is 2.37. The fourth-order valence-electron chi connectivity index (χ4n) is 1.94. The minimum absolute atomic E-state index is 0.213. The van der Waals surface area contributed by atoms with Crippen LogP contribution in [0.3, 0.4) is 0 Å². The van der Waals surface area contributed by atoms with Crippen LogP contribution in [0, 0.1) is 19.7 Å². The van der Waals surface area contributed by atoms with Crippen LogP contribution in [0.4, 0.5) is 4.39 Å². The van der Waals surface area contributed by atoms with E-state index in [2.05, 4.69) is 16.9 Å². The van der Waals surface area contributed by atoms with Crippen molar-refractivity contribution >= 4 is 11.6 Å². The highest BCUT2D eigenvalue weighted by Gasteiger charge is 2.12. The fraction of sp³-hybridized carbons (Fsp3) is 0.333. The Morgan fingerprint density at radius 2 is 1.95 bits per heavy atom. The molecule has 0 radical (unpaired) electrons. The van der Waals surface area contributed by atoms with E-state index in [1.807, 2.05) is 6.92 Å². The molecule has 2 rings (SSSR count). The maximum absolute atomic E-state index is 13.3. The second-order valence-electron chi connectivity index (χ2n) is 4.62. The summed E-state index contributed by atoms with van der Waals surface area (Å²) in [6.45, 7) is 5.69. The summed E-state index contributed by atoms with van der Waals surface area (Å²) < 4.78 is 13.3. The van der Waals surface area contributed by atoms with Crippen molar-refractivity contribution in [2.45, 2.75) is 33.6 Å². The first-order chi connectivity index (χ1) is 9.02. The highest BCUT2D eigenvalue weighted by Crippen LogP contribution is 2.27. The monoisotopic (exact) mass is 278 g/mol. The molecule has 0 amide bonds. The van der Waals surface area contributed by atoms with Gasteiger partial charge >= 0.3 is 0 Å². The number of rotatable bonds is 3. The molecule has 0 saturated heterocycles. The molecule has 0 bridgehead atoms. The molecule has 2 aromatic rings. The van der Waals surface area contributed by atoms with E-state index in [-0.39, 0.29) is 5.82 Å². The molecule has 1 heterocycles. The number of benzene rings is 1. The van der Waals surface area contributed by atoms with Crippen molar-refractivity contribution in [2.24, 2.45) is 0 Å². The van der Waals surface area contributed by atoms with Crippen LogP contribution >= 0.6 is 11.6 Å². The van der Waals surface area contributed by atoms with Crippen LogP contribution in [0.2, 0.25) is 5.15 Å². The van der Waals surface area contributed by atoms with Crippen LogP contribution in [-0.4, -0.2) is 9.97 Å². The summed E-state index contributed by atoms with van der Waals surface area (Å²) in [5, 5.41) is 0.468. The maximum Gasteiger partial charge on any atom is 0.136 e. The van der Waals surface area contributed by atoms with Gasteiger partial charge in [-0.25, -0.2) is 14.4 Å². The molecule has 1 aromatic heterocycles. The summed E-state index contributed by atoms with van der Waals surface area (Å²) >= 11 is 6.15. The van der Waals surface area contributed by atoms with Gasteiger partial charge in [-0.1, -0.05) is 18.5 Å². The third-order valence-corrected chi connectivity index (χ3v) is 3.41. The van der Waals surface area contributed by atoms with Crippen LogP contribution in [0.5, 0.6) is 0 Å². The van der Waals surface area contributed by atoms with E-state index in [0.29, 0.717) is 10.7 Å². The van der Waals surface area contributed by atoms with E-state index in [9.17, 15) is 4.39 Å². The number of nitrogens with zero attached hydrogens (tertiary/aromatic N) is 2. The molecule has 100 valence electrons. The lowest BCUT2D eigenvalue weighted by Gasteiger charge is -2.10. The molecule has 0 aliphatic rings. The smallest absolute Gasteiger partial charge is 0.136 e. The van der Waals surface area contributed by atoms with E-state index in [1.165, 1.54) is 6.07 Å². The third kappa shape index (κ3) is 2.92. The summed E-state index contributed by atoms with van der Waals surface area (Å²) in [6.07, 6.45) is 1.74. The predicted molar refractivity (Wildman–Crippen MR) is 75.9 cm³/mol. The standard InChI is InChI=1S/C15H16ClFN2/c1-4-5-13-18-14(10(3)15(16)19-13)11-6-7-12(17)9(2)8-11/h6-8H,4-5H2,1-3H3. The zero-order chi connectivity index (χ0) is 14.0. The van der Waals surface area contributed by atoms with E-state index < -0.39 is 0 Å². The molecule has 0 fully saturated rings. The summed E-state index contributed by atoms with van der Waals surface area (Å²) in [6, 6.07) is 4.97. The number of halogens is 2. The molecular weight excluding hydrogens is 263 g/mol. The van der Waals surface area contributed by atoms with Gasteiger partial charge in [-0.15, -0.1) is 0 Å². The quantitative estimate of drug-likeness (QED) is 0.772. The number of hydrogen-bond acceptors (Lipinski definition) is 2. The number of aryl methyl sites for hydroxylation is 2. The highest BCUT2D eigenvalue weighted by molar-refractivity contribution is 6.30. The van der Waals surface area contributed by atoms with Crippen LogP contribution in [0.25, 0.3) is 11.3 Å². The van der Waals surface area contributed by atoms with E-state index in [1.54, 1.807) is 19.1 Å². The van der Waals surface area contributed by atoms with E-state index in [4.69, 9.17) is 11.6 Å². The molecule has 0 unspecified atom stereocenters. The Bertz CT molecular complexity index is 611. The lowest BCUT2D eigenvalue weighted by Crippen LogP contribution is -2.01. The van der Waals surface area contributed by atoms with Gasteiger partial charge in [0.1, 0.15) is 16.8 Å². The SMILES string of the molecule is CCCc1nc(Cl)c(C)c(-c2ccc(F)c(C)c2)n1. The Kier molecular flexibility index (Phi) is 4.15. The zero-order valence-electron chi connectivity index (χ0n) is 11.3. The van der Waals surface area contributed by atoms with Crippen LogP contribution in [0.15, 0.2) is 18.2 Å². The molecule has 1 aromatic carbocycles. The lowest BCUT2D eigenvalue weighted by atomic mass is 10.0. The Hall–Kier alpha value is -1.48. The fourth-order valence-corrected chi connectivity index (χ4v) is 2.13. The first kappa shape index (κ1) is 13.9. The average molecular weight is 279 g/mol. The van der Waals surface area contributed by atoms with Gasteiger partial charge in [0.15, 0.2) is 0 Å². The molecule has 0 saturated carbocycles. The largest absolute Gasteiger partial charge is 0.233 e. The highest BCUT2D eigenvalue weighted by atomic mass is 35.5. The molecule has 0 aliphatic carbocycles. The summed E-state index contributed by atoms with van der Waals surface area (Å²) in [5.41, 5.74) is 3.08. The topological polar surface area (TPSA) is 25.8 Å². The Balaban J connectivity index is 2.56. The van der Waals surface area contributed by atoms with Gasteiger partial charge in [-0.3, -0.25) is 0 Å². The van der Waals surface area contributed by atoms with Gasteiger partial charge in [0.25, 0.3) is 0 Å². The molecule has 0 spiro atoms. The van der Waals surface area contributed by atoms with Crippen LogP contribution < -0.4 is 0 Å². The first-order valence-electron chi connectivity index (χ1n) is 6.32. The maximum atomic E-state index is 13.3. The molecular formula is C15H16ClFN2. The van der Waals surface area contributed by atoms with Crippen molar-refractivity contribution in [3.05, 3.63) is 46.1 Å². The lowest BCUT2D eigenvalue weighted by molar-refractivity contribution is 0.618. The molecule has 4 heteroatoms. The van der Waals surface area contributed by atoms with Crippen LogP contribution in [-0.2, 0) is 6.42 Å². The van der Waals surface area contributed by atoms with Gasteiger partial charge in [0.2, 0.25) is 0 Å². The third-order valence-electron chi connectivity index (χ3n) is 3.04. The minimum Gasteiger partial charge on any atom is -0.233 e. The van der Waals surface area contributed by atoms with Crippen molar-refractivity contribution in [3.63, 3.8) is 0 Å². The molecule has 2 nitrogen and oxygen atoms in total. The number of hydrogen-bond donors (Lipinski definition) is 0. The van der Waals surface area contributed by atoms with Crippen molar-refractivity contribution in [2.75, 3.05) is 0 Å². The van der Waals surface area contributed by atoms with Gasteiger partial charge in [0, 0.05) is 17.5 Å². The molecule has 0 atom stereocenters. The second-order valence-corrected chi connectivity index (χ2v) is 4.98. The Morgan fingerprint density at radius 3 is 2.58 bits per heavy atom. The summed E-state index contributed by atoms with van der Waals surface area (Å²) in [4.78, 5) is 8.81. The molecule has 0 N–H and O–H groups in total. The Labute approximate surface area is 117 Å². The summed E-state index contributed by atoms with van der Waals surface area (Å²) in [5.74, 6) is 0.519. The van der Waals surface area contributed by atoms with Crippen molar-refractivity contribution < 1.29 is 4.39 Å². The van der Waals surface area contributed by atoms with Gasteiger partial charge in [0.05, 0.1) is 5.69 Å². The van der Waals surface area contributed by atoms with Crippen molar-refractivity contribution in [1.82, 2.24) is 9.97 Å². The van der Waals surface area contributed by atoms with E-state index in [0.717, 1.165) is 35.5 Å². The molecule has 0 aliphatic heterocycles. The van der Waals surface area contributed by atoms with E-state index >= 15 is 0 Å². The summed E-state index contributed by atoms with van der Waals surface area (Å²) in [7, 11) is 0. The van der Waals surface area contributed by atoms with Gasteiger partial charge in [-0.2, -0.15) is 0 Å².